The Balaban J connectivity index is 0.000000190. The average molecular weight is 955 g/mol. The molecule has 59 heavy (non-hydrogen) atoms. The van der Waals surface area contributed by atoms with Crippen LogP contribution in [0.4, 0.5) is 31.1 Å². The number of hydrogen-bond acceptors (Lipinski definition) is 6. The van der Waals surface area contributed by atoms with Gasteiger partial charge in [-0.05, 0) is 79.7 Å². The van der Waals surface area contributed by atoms with E-state index in [1.54, 1.807) is 0 Å². The number of aliphatic hydroxyl groups excluding tert-OH is 1. The van der Waals surface area contributed by atoms with E-state index >= 15 is 0 Å². The number of aliphatic hydroxyl groups is 1. The molecule has 2 saturated heterocycles. The van der Waals surface area contributed by atoms with Gasteiger partial charge in [0.1, 0.15) is 6.61 Å². The molecule has 2 aliphatic carbocycles. The highest BCUT2D eigenvalue weighted by atomic mass is 79.9. The van der Waals surface area contributed by atoms with Crippen molar-refractivity contribution in [3.63, 3.8) is 0 Å². The number of hydrogen-bond donors (Lipinski definition) is 2. The van der Waals surface area contributed by atoms with Gasteiger partial charge in [0, 0.05) is 62.4 Å². The van der Waals surface area contributed by atoms with E-state index in [1.165, 1.54) is 46.9 Å². The molecule has 316 valence electrons. The minimum Gasteiger partial charge on any atom is -0.445 e. The van der Waals surface area contributed by atoms with E-state index in [0.717, 1.165) is 63.7 Å². The van der Waals surface area contributed by atoms with Crippen LogP contribution in [0.2, 0.25) is 0 Å². The fourth-order valence-corrected chi connectivity index (χ4v) is 10.1. The number of rotatable bonds is 3. The summed E-state index contributed by atoms with van der Waals surface area (Å²) in [6.45, 7) is 1.78. The van der Waals surface area contributed by atoms with Crippen LogP contribution in [0.25, 0.3) is 0 Å². The fourth-order valence-electron chi connectivity index (χ4n) is 8.54. The van der Waals surface area contributed by atoms with Crippen LogP contribution >= 0.6 is 31.9 Å². The second-order valence-corrected chi connectivity index (χ2v) is 16.6. The lowest BCUT2D eigenvalue weighted by atomic mass is 9.74. The van der Waals surface area contributed by atoms with Crippen molar-refractivity contribution in [1.82, 2.24) is 10.2 Å². The quantitative estimate of drug-likeness (QED) is 0.199. The number of ketones is 2. The van der Waals surface area contributed by atoms with Crippen molar-refractivity contribution < 1.29 is 50.6 Å². The van der Waals surface area contributed by atoms with Crippen molar-refractivity contribution >= 4 is 49.5 Å². The third kappa shape index (κ3) is 9.95. The highest BCUT2D eigenvalue weighted by Gasteiger charge is 2.47. The van der Waals surface area contributed by atoms with Crippen molar-refractivity contribution in [2.24, 2.45) is 0 Å². The topological polar surface area (TPSA) is 95.9 Å². The Morgan fingerprint density at radius 3 is 1.58 bits per heavy atom. The molecular weight excluding hydrogens is 910 g/mol. The summed E-state index contributed by atoms with van der Waals surface area (Å²) in [4.78, 5) is 38.5. The van der Waals surface area contributed by atoms with Crippen LogP contribution in [-0.4, -0.2) is 53.8 Å². The van der Waals surface area contributed by atoms with Gasteiger partial charge in [-0.15, -0.1) is 0 Å². The smallest absolute Gasteiger partial charge is 0.416 e. The van der Waals surface area contributed by atoms with E-state index in [-0.39, 0.29) is 35.2 Å². The van der Waals surface area contributed by atoms with Gasteiger partial charge in [-0.25, -0.2) is 4.79 Å². The van der Waals surface area contributed by atoms with Crippen molar-refractivity contribution in [3.8, 4) is 0 Å². The molecular formula is C44H44Br2F6N2O5. The molecule has 0 atom stereocenters. The summed E-state index contributed by atoms with van der Waals surface area (Å²) in [5, 5.41) is 12.0. The molecule has 4 aliphatic rings. The van der Waals surface area contributed by atoms with Gasteiger partial charge in [0.2, 0.25) is 0 Å². The third-order valence-electron chi connectivity index (χ3n) is 11.4. The molecule has 0 unspecified atom stereocenters. The highest BCUT2D eigenvalue weighted by molar-refractivity contribution is 9.10. The zero-order valence-corrected chi connectivity index (χ0v) is 34.3. The number of carbonyl (C=O) groups excluding carboxylic acids is 3. The highest BCUT2D eigenvalue weighted by Crippen LogP contribution is 2.50. The van der Waals surface area contributed by atoms with Gasteiger partial charge in [-0.3, -0.25) is 9.59 Å². The van der Waals surface area contributed by atoms with Crippen LogP contribution in [0.3, 0.4) is 0 Å². The predicted molar refractivity (Wildman–Crippen MR) is 218 cm³/mol. The largest absolute Gasteiger partial charge is 0.445 e. The van der Waals surface area contributed by atoms with Gasteiger partial charge >= 0.3 is 18.4 Å². The maximum absolute atomic E-state index is 13.1. The minimum atomic E-state index is -4.50. The number of carbonyl (C=O) groups is 3. The van der Waals surface area contributed by atoms with Gasteiger partial charge < -0.3 is 20.1 Å². The summed E-state index contributed by atoms with van der Waals surface area (Å²) >= 11 is 7.17. The van der Waals surface area contributed by atoms with Crippen LogP contribution < -0.4 is 5.32 Å². The van der Waals surface area contributed by atoms with Gasteiger partial charge in [0.15, 0.2) is 11.6 Å². The predicted octanol–water partition coefficient (Wildman–Crippen LogP) is 11.2. The first-order valence-corrected chi connectivity index (χ1v) is 20.3. The van der Waals surface area contributed by atoms with E-state index in [9.17, 15) is 40.7 Å². The summed E-state index contributed by atoms with van der Waals surface area (Å²) in [5.74, 6) is 0.421. The Labute approximate surface area is 355 Å². The molecule has 7 nitrogen and oxygen atoms in total. The maximum Gasteiger partial charge on any atom is 0.416 e. The number of alkyl halides is 6. The van der Waals surface area contributed by atoms with E-state index < -0.39 is 42.8 Å². The first-order valence-electron chi connectivity index (χ1n) is 18.7. The summed E-state index contributed by atoms with van der Waals surface area (Å²) in [6, 6.07) is 21.6. The normalized spacial score (nSPS) is 17.5. The fraction of sp³-hybridized carbons (Fsp3) is 0.386. The van der Waals surface area contributed by atoms with E-state index in [1.807, 2.05) is 30.3 Å². The monoisotopic (exact) mass is 952 g/mol. The zero-order chi connectivity index (χ0) is 41.9. The number of piperidine rings is 2. The van der Waals surface area contributed by atoms with Crippen molar-refractivity contribution in [1.29, 1.82) is 0 Å². The number of nitrogens with one attached hydrogen (secondary N) is 1. The molecule has 0 bridgehead atoms. The lowest BCUT2D eigenvalue weighted by Crippen LogP contribution is -2.44. The second kappa shape index (κ2) is 18.7. The van der Waals surface area contributed by atoms with Crippen molar-refractivity contribution in [2.75, 3.05) is 26.2 Å². The van der Waals surface area contributed by atoms with E-state index in [0.29, 0.717) is 44.6 Å². The summed E-state index contributed by atoms with van der Waals surface area (Å²) in [7, 11) is 0. The average Bonchev–Trinajstić information content (AvgIpc) is 3.63. The first-order chi connectivity index (χ1) is 27.5. The van der Waals surface area contributed by atoms with Gasteiger partial charge in [0.05, 0.1) is 17.7 Å². The van der Waals surface area contributed by atoms with E-state index in [2.05, 4.69) is 43.2 Å². The number of halogens is 8. The Bertz CT molecular complexity index is 2160. The van der Waals surface area contributed by atoms with Crippen LogP contribution in [0, 0.1) is 0 Å². The molecule has 2 heterocycles. The maximum atomic E-state index is 13.1. The number of amides is 1. The van der Waals surface area contributed by atoms with Crippen LogP contribution in [0.5, 0.6) is 0 Å². The SMILES string of the molecule is C.O=C1CC2(CCN(C(=O)OCc3ccccc3C(F)(F)F)CC2)c2c(Br)cccc21.O=C1CC2(CCNCC2)c2c(Br)cccc21.OCc1ccccc1C(F)(F)F. The zero-order valence-electron chi connectivity index (χ0n) is 31.1. The van der Waals surface area contributed by atoms with Crippen molar-refractivity contribution in [2.45, 2.75) is 82.3 Å². The molecule has 0 radical (unpaired) electrons. The Kier molecular flexibility index (Phi) is 14.6. The molecule has 2 spiro atoms. The molecule has 8 rings (SSSR count). The molecule has 0 aromatic heterocycles. The molecule has 15 heteroatoms. The molecule has 2 N–H and O–H groups in total. The Morgan fingerprint density at radius 1 is 0.678 bits per heavy atom. The Hall–Kier alpha value is -4.05. The van der Waals surface area contributed by atoms with Gasteiger partial charge in [-0.2, -0.15) is 26.3 Å². The van der Waals surface area contributed by atoms with Gasteiger partial charge in [-0.1, -0.05) is 100.0 Å². The standard InChI is InChI=1S/C22H19BrF3NO3.C13H14BrNO.C8H7F3O.CH4/c23-17-7-3-5-15-18(28)12-21(19(15)17)8-10-27(11-9-21)20(29)30-13-14-4-1-2-6-16(14)22(24,25)26;14-10-3-1-2-9-11(16)8-13(12(9)10)4-6-15-7-5-13;9-8(10,11)7-4-2-1-3-6(7)5-12;/h1-7H,8-13H2;1-3,15H,4-8H2;1-4,12H,5H2;1H4. The number of ether oxygens (including phenoxy) is 1. The van der Waals surface area contributed by atoms with Crippen LogP contribution in [0.1, 0.15) is 100 Å². The van der Waals surface area contributed by atoms with E-state index in [4.69, 9.17) is 9.84 Å². The van der Waals surface area contributed by atoms with Crippen molar-refractivity contribution in [3.05, 3.63) is 138 Å². The molecule has 2 aliphatic heterocycles. The second-order valence-electron chi connectivity index (χ2n) is 14.8. The number of nitrogens with zero attached hydrogens (tertiary/aromatic N) is 1. The lowest BCUT2D eigenvalue weighted by Gasteiger charge is -2.39. The van der Waals surface area contributed by atoms with Gasteiger partial charge in [0.25, 0.3) is 0 Å². The number of Topliss-reactive ketones (excluding diaryl/α,β-unsaturated/α-hetero) is 2. The third-order valence-corrected chi connectivity index (χ3v) is 12.7. The number of fused-ring (bicyclic) bond motifs is 4. The number of benzene rings is 4. The first kappa shape index (κ1) is 46.0. The molecule has 4 aromatic carbocycles. The summed E-state index contributed by atoms with van der Waals surface area (Å²) in [5.41, 5.74) is 1.98. The molecule has 0 saturated carbocycles. The summed E-state index contributed by atoms with van der Waals surface area (Å²) in [6.07, 6.45) is -5.05. The minimum absolute atomic E-state index is 0. The summed E-state index contributed by atoms with van der Waals surface area (Å²) < 4.78 is 82.9. The van der Waals surface area contributed by atoms with Crippen LogP contribution in [-0.2, 0) is 41.1 Å². The molecule has 2 fully saturated rings. The Morgan fingerprint density at radius 2 is 1.12 bits per heavy atom. The molecule has 1 amide bonds. The lowest BCUT2D eigenvalue weighted by molar-refractivity contribution is -0.139. The number of likely N-dealkylation sites (tertiary alicyclic amines) is 1. The molecule has 4 aromatic rings. The van der Waals surface area contributed by atoms with Crippen LogP contribution in [0.15, 0.2) is 93.9 Å².